The number of aliphatic hydroxyl groups excluding tert-OH is 1. The second kappa shape index (κ2) is 6.99. The molecule has 1 unspecified atom stereocenters. The lowest BCUT2D eigenvalue weighted by molar-refractivity contribution is 0.0492. The van der Waals surface area contributed by atoms with Gasteiger partial charge in [-0.15, -0.1) is 0 Å². The van der Waals surface area contributed by atoms with E-state index < -0.39 is 6.10 Å². The number of hydrogen-bond acceptors (Lipinski definition) is 3. The molecule has 6 heteroatoms. The van der Waals surface area contributed by atoms with Gasteiger partial charge in [-0.2, -0.15) is 0 Å². The van der Waals surface area contributed by atoms with Crippen LogP contribution in [-0.4, -0.2) is 32.6 Å². The number of halogens is 2. The standard InChI is InChI=1S/C17H21ClFN3O/c1-21-10-7-20-17(21)16(23)12-5-8-22(9-6-12)11-13-3-2-4-14(19)15(13)18/h2-4,7,10,12,16,23H,5-6,8-9,11H2,1H3. The Morgan fingerprint density at radius 3 is 2.78 bits per heavy atom. The molecule has 1 saturated heterocycles. The first-order valence-electron chi connectivity index (χ1n) is 7.87. The van der Waals surface area contributed by atoms with Gasteiger partial charge in [0.2, 0.25) is 0 Å². The first kappa shape index (κ1) is 16.4. The zero-order valence-electron chi connectivity index (χ0n) is 13.1. The van der Waals surface area contributed by atoms with E-state index in [1.807, 2.05) is 23.9 Å². The Labute approximate surface area is 140 Å². The smallest absolute Gasteiger partial charge is 0.142 e. The highest BCUT2D eigenvalue weighted by atomic mass is 35.5. The average molecular weight is 338 g/mol. The number of likely N-dealkylation sites (tertiary alicyclic amines) is 1. The molecule has 1 atom stereocenters. The molecule has 0 saturated carbocycles. The lowest BCUT2D eigenvalue weighted by Crippen LogP contribution is -2.35. The summed E-state index contributed by atoms with van der Waals surface area (Å²) in [6, 6.07) is 4.93. The van der Waals surface area contributed by atoms with Crippen molar-refractivity contribution in [1.82, 2.24) is 14.5 Å². The minimum absolute atomic E-state index is 0.204. The third kappa shape index (κ3) is 3.57. The van der Waals surface area contributed by atoms with Crippen LogP contribution in [0.1, 0.15) is 30.3 Å². The summed E-state index contributed by atoms with van der Waals surface area (Å²) in [5.74, 6) is 0.552. The summed E-state index contributed by atoms with van der Waals surface area (Å²) < 4.78 is 15.4. The summed E-state index contributed by atoms with van der Waals surface area (Å²) in [4.78, 5) is 6.49. The molecule has 4 nitrogen and oxygen atoms in total. The zero-order valence-corrected chi connectivity index (χ0v) is 13.9. The maximum atomic E-state index is 13.5. The van der Waals surface area contributed by atoms with Crippen LogP contribution in [0.25, 0.3) is 0 Å². The van der Waals surface area contributed by atoms with Gasteiger partial charge < -0.3 is 9.67 Å². The molecule has 3 rings (SSSR count). The van der Waals surface area contributed by atoms with E-state index in [0.29, 0.717) is 6.54 Å². The number of rotatable bonds is 4. The Bertz CT molecular complexity index is 668. The maximum absolute atomic E-state index is 13.5. The molecular weight excluding hydrogens is 317 g/mol. The summed E-state index contributed by atoms with van der Waals surface area (Å²) in [5.41, 5.74) is 0.815. The number of piperidine rings is 1. The van der Waals surface area contributed by atoms with Gasteiger partial charge in [-0.25, -0.2) is 9.37 Å². The van der Waals surface area contributed by atoms with Gasteiger partial charge in [-0.3, -0.25) is 4.90 Å². The molecule has 1 aliphatic rings. The summed E-state index contributed by atoms with van der Waals surface area (Å²) in [6.07, 6.45) is 4.80. The Morgan fingerprint density at radius 2 is 2.13 bits per heavy atom. The predicted molar refractivity (Wildman–Crippen MR) is 87.6 cm³/mol. The number of benzene rings is 1. The van der Waals surface area contributed by atoms with E-state index in [1.54, 1.807) is 12.3 Å². The number of aromatic nitrogens is 2. The summed E-state index contributed by atoms with van der Waals surface area (Å²) in [7, 11) is 1.90. The van der Waals surface area contributed by atoms with E-state index in [-0.39, 0.29) is 16.8 Å². The van der Waals surface area contributed by atoms with E-state index >= 15 is 0 Å². The van der Waals surface area contributed by atoms with Gasteiger partial charge in [0.05, 0.1) is 5.02 Å². The topological polar surface area (TPSA) is 41.3 Å². The zero-order chi connectivity index (χ0) is 16.4. The van der Waals surface area contributed by atoms with Crippen molar-refractivity contribution >= 4 is 11.6 Å². The molecule has 0 bridgehead atoms. The first-order chi connectivity index (χ1) is 11.1. The molecule has 124 valence electrons. The number of nitrogens with zero attached hydrogens (tertiary/aromatic N) is 3. The van der Waals surface area contributed by atoms with E-state index in [1.165, 1.54) is 6.07 Å². The Balaban J connectivity index is 1.58. The quantitative estimate of drug-likeness (QED) is 0.931. The van der Waals surface area contributed by atoms with Crippen molar-refractivity contribution in [3.8, 4) is 0 Å². The lowest BCUT2D eigenvalue weighted by Gasteiger charge is -2.34. The van der Waals surface area contributed by atoms with Crippen LogP contribution < -0.4 is 0 Å². The molecule has 2 heterocycles. The number of imidazole rings is 1. The minimum atomic E-state index is -0.532. The predicted octanol–water partition coefficient (Wildman–Crippen LogP) is 3.16. The normalized spacial score (nSPS) is 18.3. The summed E-state index contributed by atoms with van der Waals surface area (Å²) >= 11 is 6.02. The van der Waals surface area contributed by atoms with Crippen LogP contribution >= 0.6 is 11.6 Å². The SMILES string of the molecule is Cn1ccnc1C(O)C1CCN(Cc2cccc(F)c2Cl)CC1. The van der Waals surface area contributed by atoms with Crippen LogP contribution in [0.3, 0.4) is 0 Å². The lowest BCUT2D eigenvalue weighted by atomic mass is 9.90. The van der Waals surface area contributed by atoms with Crippen LogP contribution in [0, 0.1) is 11.7 Å². The van der Waals surface area contributed by atoms with Crippen molar-refractivity contribution in [1.29, 1.82) is 0 Å². The number of aryl methyl sites for hydroxylation is 1. The van der Waals surface area contributed by atoms with Gasteiger partial charge in [0, 0.05) is 26.0 Å². The maximum Gasteiger partial charge on any atom is 0.142 e. The van der Waals surface area contributed by atoms with E-state index in [2.05, 4.69) is 9.88 Å². The average Bonchev–Trinajstić information content (AvgIpc) is 2.98. The molecule has 23 heavy (non-hydrogen) atoms. The van der Waals surface area contributed by atoms with Gasteiger partial charge in [-0.05, 0) is 43.5 Å². The number of hydrogen-bond donors (Lipinski definition) is 1. The second-order valence-electron chi connectivity index (χ2n) is 6.17. The largest absolute Gasteiger partial charge is 0.385 e. The first-order valence-corrected chi connectivity index (χ1v) is 8.24. The fourth-order valence-electron chi connectivity index (χ4n) is 3.21. The van der Waals surface area contributed by atoms with Crippen molar-refractivity contribution in [2.45, 2.75) is 25.5 Å². The molecule has 1 aromatic heterocycles. The van der Waals surface area contributed by atoms with E-state index in [0.717, 1.165) is 37.3 Å². The van der Waals surface area contributed by atoms with Crippen LogP contribution in [0.2, 0.25) is 5.02 Å². The Hall–Kier alpha value is -1.43. The van der Waals surface area contributed by atoms with Crippen LogP contribution in [-0.2, 0) is 13.6 Å². The molecule has 2 aromatic rings. The highest BCUT2D eigenvalue weighted by Gasteiger charge is 2.28. The van der Waals surface area contributed by atoms with E-state index in [4.69, 9.17) is 11.6 Å². The van der Waals surface area contributed by atoms with E-state index in [9.17, 15) is 9.50 Å². The molecular formula is C17H21ClFN3O. The molecule has 0 aliphatic carbocycles. The second-order valence-corrected chi connectivity index (χ2v) is 6.55. The van der Waals surface area contributed by atoms with Crippen LogP contribution in [0.15, 0.2) is 30.6 Å². The molecule has 1 aliphatic heterocycles. The van der Waals surface area contributed by atoms with Crippen molar-refractivity contribution in [3.05, 3.63) is 52.8 Å². The molecule has 1 N–H and O–H groups in total. The van der Waals surface area contributed by atoms with Crippen molar-refractivity contribution in [2.24, 2.45) is 13.0 Å². The monoisotopic (exact) mass is 337 g/mol. The molecule has 0 radical (unpaired) electrons. The molecule has 0 amide bonds. The molecule has 1 aromatic carbocycles. The third-order valence-corrected chi connectivity index (χ3v) is 5.05. The van der Waals surface area contributed by atoms with Crippen LogP contribution in [0.4, 0.5) is 4.39 Å². The fraction of sp³-hybridized carbons (Fsp3) is 0.471. The van der Waals surface area contributed by atoms with Gasteiger partial charge >= 0.3 is 0 Å². The highest BCUT2D eigenvalue weighted by molar-refractivity contribution is 6.31. The fourth-order valence-corrected chi connectivity index (χ4v) is 3.40. The molecule has 0 spiro atoms. The third-order valence-electron chi connectivity index (χ3n) is 4.63. The summed E-state index contributed by atoms with van der Waals surface area (Å²) in [5, 5.41) is 10.7. The highest BCUT2D eigenvalue weighted by Crippen LogP contribution is 2.31. The number of aliphatic hydroxyl groups is 1. The Kier molecular flexibility index (Phi) is 4.99. The van der Waals surface area contributed by atoms with Crippen molar-refractivity contribution in [3.63, 3.8) is 0 Å². The Morgan fingerprint density at radius 1 is 1.39 bits per heavy atom. The van der Waals surface area contributed by atoms with Crippen molar-refractivity contribution in [2.75, 3.05) is 13.1 Å². The minimum Gasteiger partial charge on any atom is -0.385 e. The van der Waals surface area contributed by atoms with Gasteiger partial charge in [-0.1, -0.05) is 23.7 Å². The van der Waals surface area contributed by atoms with Crippen LogP contribution in [0.5, 0.6) is 0 Å². The summed E-state index contributed by atoms with van der Waals surface area (Å²) in [6.45, 7) is 2.36. The van der Waals surface area contributed by atoms with Gasteiger partial charge in [0.1, 0.15) is 17.7 Å². The van der Waals surface area contributed by atoms with Gasteiger partial charge in [0.25, 0.3) is 0 Å². The van der Waals surface area contributed by atoms with Gasteiger partial charge in [0.15, 0.2) is 0 Å². The molecule has 1 fully saturated rings. The van der Waals surface area contributed by atoms with Crippen molar-refractivity contribution < 1.29 is 9.50 Å².